The number of amides is 1. The van der Waals surface area contributed by atoms with Gasteiger partial charge in [-0.3, -0.25) is 4.79 Å². The third kappa shape index (κ3) is 4.42. The minimum atomic E-state index is -0.555. The molecule has 2 aromatic carbocycles. The van der Waals surface area contributed by atoms with Gasteiger partial charge in [0.05, 0.1) is 17.7 Å². The van der Waals surface area contributed by atoms with Gasteiger partial charge in [-0.05, 0) is 74.0 Å². The molecule has 4 aromatic rings. The molecular formula is C25H22F2N4O2. The molecule has 1 aliphatic heterocycles. The van der Waals surface area contributed by atoms with Crippen LogP contribution in [-0.2, 0) is 6.54 Å². The predicted molar refractivity (Wildman–Crippen MR) is 121 cm³/mol. The number of carbonyl (C=O) groups is 1. The summed E-state index contributed by atoms with van der Waals surface area (Å²) in [4.78, 5) is 17.2. The molecule has 0 saturated carbocycles. The van der Waals surface area contributed by atoms with Crippen molar-refractivity contribution in [2.45, 2.75) is 13.0 Å². The molecule has 1 fully saturated rings. The molecule has 2 aromatic heterocycles. The topological polar surface area (TPSA) is 72.1 Å². The Morgan fingerprint density at radius 1 is 1.12 bits per heavy atom. The highest BCUT2D eigenvalue weighted by Crippen LogP contribution is 2.33. The van der Waals surface area contributed by atoms with Gasteiger partial charge in [-0.2, -0.15) is 0 Å². The number of hydrogen-bond acceptors (Lipinski definition) is 4. The van der Waals surface area contributed by atoms with Gasteiger partial charge in [-0.1, -0.05) is 12.1 Å². The summed E-state index contributed by atoms with van der Waals surface area (Å²) in [5, 5.41) is 5.89. The summed E-state index contributed by atoms with van der Waals surface area (Å²) in [6, 6.07) is 15.3. The Kier molecular flexibility index (Phi) is 5.75. The van der Waals surface area contributed by atoms with E-state index in [1.807, 2.05) is 4.57 Å². The van der Waals surface area contributed by atoms with E-state index in [0.717, 1.165) is 31.6 Å². The van der Waals surface area contributed by atoms with Crippen molar-refractivity contribution < 1.29 is 18.0 Å². The molecule has 1 atom stereocenters. The Morgan fingerprint density at radius 2 is 1.94 bits per heavy atom. The van der Waals surface area contributed by atoms with Crippen molar-refractivity contribution in [3.8, 4) is 22.7 Å². The lowest BCUT2D eigenvalue weighted by molar-refractivity contribution is 0.0997. The molecular weight excluding hydrogens is 426 g/mol. The van der Waals surface area contributed by atoms with E-state index < -0.39 is 11.7 Å². The Hall–Kier alpha value is -3.78. The number of aromatic nitrogens is 2. The average Bonchev–Trinajstić information content (AvgIpc) is 3.57. The van der Waals surface area contributed by atoms with Crippen molar-refractivity contribution in [2.24, 2.45) is 5.92 Å². The molecule has 0 spiro atoms. The Bertz CT molecular complexity index is 1270. The van der Waals surface area contributed by atoms with Gasteiger partial charge in [0, 0.05) is 12.1 Å². The summed E-state index contributed by atoms with van der Waals surface area (Å²) in [6.07, 6.45) is 2.80. The first-order valence-electron chi connectivity index (χ1n) is 10.8. The van der Waals surface area contributed by atoms with Crippen molar-refractivity contribution in [1.29, 1.82) is 0 Å². The molecule has 8 heteroatoms. The summed E-state index contributed by atoms with van der Waals surface area (Å²) < 4.78 is 35.3. The molecule has 1 unspecified atom stereocenters. The van der Waals surface area contributed by atoms with E-state index in [1.54, 1.807) is 42.7 Å². The molecule has 1 saturated heterocycles. The van der Waals surface area contributed by atoms with Crippen LogP contribution in [0.1, 0.15) is 17.0 Å². The van der Waals surface area contributed by atoms with Gasteiger partial charge in [0.25, 0.3) is 5.91 Å². The fourth-order valence-electron chi connectivity index (χ4n) is 4.08. The van der Waals surface area contributed by atoms with E-state index in [9.17, 15) is 13.6 Å². The van der Waals surface area contributed by atoms with Crippen LogP contribution >= 0.6 is 0 Å². The maximum atomic E-state index is 13.9. The second kappa shape index (κ2) is 8.99. The van der Waals surface area contributed by atoms with Crippen molar-refractivity contribution in [3.05, 3.63) is 84.4 Å². The van der Waals surface area contributed by atoms with Gasteiger partial charge in [0.15, 0.2) is 11.5 Å². The quantitative estimate of drug-likeness (QED) is 0.438. The summed E-state index contributed by atoms with van der Waals surface area (Å²) in [7, 11) is 0. The molecule has 6 nitrogen and oxygen atoms in total. The van der Waals surface area contributed by atoms with Crippen molar-refractivity contribution in [3.63, 3.8) is 0 Å². The minimum Gasteiger partial charge on any atom is -0.449 e. The van der Waals surface area contributed by atoms with Crippen molar-refractivity contribution in [2.75, 3.05) is 18.4 Å². The summed E-state index contributed by atoms with van der Waals surface area (Å²) >= 11 is 0. The molecule has 0 radical (unpaired) electrons. The molecule has 33 heavy (non-hydrogen) atoms. The summed E-state index contributed by atoms with van der Waals surface area (Å²) in [6.45, 7) is 2.62. The largest absolute Gasteiger partial charge is 0.449 e. The molecule has 1 aliphatic rings. The lowest BCUT2D eigenvalue weighted by atomic mass is 10.1. The number of halogens is 2. The number of imidazole rings is 1. The molecule has 2 N–H and O–H groups in total. The normalized spacial score (nSPS) is 15.6. The standard InChI is InChI=1S/C25H22F2N4O2/c26-18-7-5-17(6-8-18)23-24(31(15-29-23)14-16-11-12-28-13-16)21-9-10-22(33-21)25(32)30-20-4-2-1-3-19(20)27/h1-10,15-16,28H,11-14H2,(H,30,32). The number of para-hydroxylation sites is 1. The number of hydrogen-bond donors (Lipinski definition) is 2. The zero-order valence-corrected chi connectivity index (χ0v) is 17.7. The van der Waals surface area contributed by atoms with Gasteiger partial charge in [0.1, 0.15) is 17.3 Å². The Morgan fingerprint density at radius 3 is 2.70 bits per heavy atom. The van der Waals surface area contributed by atoms with Crippen LogP contribution in [0.2, 0.25) is 0 Å². The highest BCUT2D eigenvalue weighted by molar-refractivity contribution is 6.02. The third-order valence-corrected chi connectivity index (χ3v) is 5.76. The minimum absolute atomic E-state index is 0.0496. The second-order valence-electron chi connectivity index (χ2n) is 8.06. The van der Waals surface area contributed by atoms with E-state index in [1.165, 1.54) is 24.3 Å². The van der Waals surface area contributed by atoms with Crippen LogP contribution < -0.4 is 10.6 Å². The first-order chi connectivity index (χ1) is 16.1. The molecule has 0 aliphatic carbocycles. The maximum Gasteiger partial charge on any atom is 0.291 e. The van der Waals surface area contributed by atoms with Gasteiger partial charge in [-0.25, -0.2) is 13.8 Å². The lowest BCUT2D eigenvalue weighted by Gasteiger charge is -2.13. The average molecular weight is 448 g/mol. The van der Waals surface area contributed by atoms with Crippen LogP contribution in [0.15, 0.2) is 71.4 Å². The number of furan rings is 1. The monoisotopic (exact) mass is 448 g/mol. The number of nitrogens with zero attached hydrogens (tertiary/aromatic N) is 2. The first-order valence-corrected chi connectivity index (χ1v) is 10.8. The zero-order valence-electron chi connectivity index (χ0n) is 17.7. The first kappa shape index (κ1) is 21.1. The van der Waals surface area contributed by atoms with Crippen LogP contribution in [-0.4, -0.2) is 28.5 Å². The zero-order chi connectivity index (χ0) is 22.8. The number of rotatable bonds is 6. The SMILES string of the molecule is O=C(Nc1ccccc1F)c1ccc(-c2c(-c3ccc(F)cc3)ncn2CC2CCNC2)o1. The van der Waals surface area contributed by atoms with E-state index >= 15 is 0 Å². The lowest BCUT2D eigenvalue weighted by Crippen LogP contribution is -2.14. The second-order valence-corrected chi connectivity index (χ2v) is 8.06. The molecule has 5 rings (SSSR count). The summed E-state index contributed by atoms with van der Waals surface area (Å²) in [5.41, 5.74) is 2.16. The van der Waals surface area contributed by atoms with E-state index in [4.69, 9.17) is 4.42 Å². The van der Waals surface area contributed by atoms with Crippen molar-refractivity contribution >= 4 is 11.6 Å². The molecule has 168 valence electrons. The van der Waals surface area contributed by atoms with E-state index in [0.29, 0.717) is 23.1 Å². The number of anilines is 1. The van der Waals surface area contributed by atoms with Crippen molar-refractivity contribution in [1.82, 2.24) is 14.9 Å². The highest BCUT2D eigenvalue weighted by Gasteiger charge is 2.23. The number of nitrogens with one attached hydrogen (secondary N) is 2. The Labute approximate surface area is 189 Å². The van der Waals surface area contributed by atoms with Gasteiger partial charge in [-0.15, -0.1) is 0 Å². The smallest absolute Gasteiger partial charge is 0.291 e. The van der Waals surface area contributed by atoms with Gasteiger partial charge in [0.2, 0.25) is 0 Å². The third-order valence-electron chi connectivity index (χ3n) is 5.76. The molecule has 3 heterocycles. The van der Waals surface area contributed by atoms with E-state index in [-0.39, 0.29) is 17.3 Å². The fraction of sp³-hybridized carbons (Fsp3) is 0.200. The molecule has 1 amide bonds. The fourth-order valence-corrected chi connectivity index (χ4v) is 4.08. The number of carbonyl (C=O) groups excluding carboxylic acids is 1. The van der Waals surface area contributed by atoms with Crippen LogP contribution in [0.4, 0.5) is 14.5 Å². The number of benzene rings is 2. The van der Waals surface area contributed by atoms with Crippen LogP contribution in [0.25, 0.3) is 22.7 Å². The predicted octanol–water partition coefficient (Wildman–Crippen LogP) is 4.95. The van der Waals surface area contributed by atoms with Crippen LogP contribution in [0.3, 0.4) is 0 Å². The molecule has 0 bridgehead atoms. The van der Waals surface area contributed by atoms with E-state index in [2.05, 4.69) is 15.6 Å². The Balaban J connectivity index is 1.49. The van der Waals surface area contributed by atoms with Gasteiger partial charge >= 0.3 is 0 Å². The van der Waals surface area contributed by atoms with Crippen LogP contribution in [0.5, 0.6) is 0 Å². The highest BCUT2D eigenvalue weighted by atomic mass is 19.1. The van der Waals surface area contributed by atoms with Crippen LogP contribution in [0, 0.1) is 17.6 Å². The summed E-state index contributed by atoms with van der Waals surface area (Å²) in [5.74, 6) is -0.468. The van der Waals surface area contributed by atoms with Gasteiger partial charge < -0.3 is 19.6 Å². The maximum absolute atomic E-state index is 13.9.